The van der Waals surface area contributed by atoms with Gasteiger partial charge in [-0.15, -0.1) is 0 Å². The molecule has 1 aliphatic rings. The van der Waals surface area contributed by atoms with Crippen LogP contribution in [0, 0.1) is 18.3 Å². The number of anilines is 1. The molecule has 1 fully saturated rings. The van der Waals surface area contributed by atoms with Crippen LogP contribution >= 0.6 is 0 Å². The van der Waals surface area contributed by atoms with Gasteiger partial charge in [0.2, 0.25) is 0 Å². The summed E-state index contributed by atoms with van der Waals surface area (Å²) in [5.74, 6) is 0.551. The van der Waals surface area contributed by atoms with Gasteiger partial charge in [-0.2, -0.15) is 5.10 Å². The molecule has 1 heterocycles. The van der Waals surface area contributed by atoms with E-state index in [1.165, 1.54) is 32.1 Å². The molecule has 0 radical (unpaired) electrons. The number of hydrogen-bond donors (Lipinski definition) is 2. The quantitative estimate of drug-likeness (QED) is 0.876. The van der Waals surface area contributed by atoms with Crippen LogP contribution in [0.15, 0.2) is 0 Å². The fraction of sp³-hybridized carbons (Fsp3) is 0.750. The van der Waals surface area contributed by atoms with Gasteiger partial charge in [0.1, 0.15) is 5.69 Å². The number of nitrogen functional groups attached to an aromatic ring is 1. The van der Waals surface area contributed by atoms with Gasteiger partial charge in [0.15, 0.2) is 0 Å². The highest BCUT2D eigenvalue weighted by Crippen LogP contribution is 2.42. The second kappa shape index (κ2) is 6.08. The molecule has 1 aromatic rings. The number of carbonyl (C=O) groups excluding carboxylic acids is 1. The van der Waals surface area contributed by atoms with E-state index in [2.05, 4.69) is 24.3 Å². The third kappa shape index (κ3) is 3.39. The van der Waals surface area contributed by atoms with Crippen molar-refractivity contribution in [1.82, 2.24) is 15.1 Å². The molecule has 2 rings (SSSR count). The highest BCUT2D eigenvalue weighted by molar-refractivity contribution is 5.97. The molecule has 0 bridgehead atoms. The molecular formula is C16H28N4O. The monoisotopic (exact) mass is 292 g/mol. The van der Waals surface area contributed by atoms with Crippen molar-refractivity contribution < 1.29 is 4.79 Å². The Balaban J connectivity index is 2.05. The molecule has 3 N–H and O–H groups in total. The van der Waals surface area contributed by atoms with Gasteiger partial charge in [-0.05, 0) is 37.5 Å². The molecule has 0 unspecified atom stereocenters. The zero-order valence-electron chi connectivity index (χ0n) is 13.7. The van der Waals surface area contributed by atoms with Crippen LogP contribution in [0.3, 0.4) is 0 Å². The van der Waals surface area contributed by atoms with Crippen LogP contribution in [-0.2, 0) is 7.05 Å². The average molecular weight is 292 g/mol. The predicted octanol–water partition coefficient (Wildman–Crippen LogP) is 2.65. The first-order valence-electron chi connectivity index (χ1n) is 7.92. The molecule has 5 nitrogen and oxygen atoms in total. The highest BCUT2D eigenvalue weighted by atomic mass is 16.2. The summed E-state index contributed by atoms with van der Waals surface area (Å²) in [4.78, 5) is 12.4. The Morgan fingerprint density at radius 2 is 2.05 bits per heavy atom. The normalized spacial score (nSPS) is 17.4. The fourth-order valence-corrected chi connectivity index (χ4v) is 3.74. The number of nitrogens with zero attached hydrogens (tertiary/aromatic N) is 2. The number of aryl methyl sites for hydroxylation is 2. The van der Waals surface area contributed by atoms with E-state index in [1.807, 2.05) is 6.92 Å². The molecule has 21 heavy (non-hydrogen) atoms. The zero-order chi connectivity index (χ0) is 15.6. The van der Waals surface area contributed by atoms with Crippen molar-refractivity contribution in [2.24, 2.45) is 18.4 Å². The first kappa shape index (κ1) is 15.9. The summed E-state index contributed by atoms with van der Waals surface area (Å²) in [5, 5.41) is 7.31. The Morgan fingerprint density at radius 3 is 2.52 bits per heavy atom. The second-order valence-corrected chi connectivity index (χ2v) is 6.96. The second-order valence-electron chi connectivity index (χ2n) is 6.96. The van der Waals surface area contributed by atoms with Crippen molar-refractivity contribution in [2.45, 2.75) is 52.9 Å². The Labute approximate surface area is 127 Å². The van der Waals surface area contributed by atoms with Crippen molar-refractivity contribution in [1.29, 1.82) is 0 Å². The molecule has 5 heteroatoms. The van der Waals surface area contributed by atoms with Crippen molar-refractivity contribution in [2.75, 3.05) is 12.3 Å². The van der Waals surface area contributed by atoms with Crippen LogP contribution in [0.4, 0.5) is 5.69 Å². The van der Waals surface area contributed by atoms with E-state index in [1.54, 1.807) is 11.7 Å². The number of rotatable bonds is 5. The standard InChI is InChI=1S/C16H28N4O/c1-11(2)9-16(7-5-6-8-16)10-18-15(21)14-13(17)12(3)19-20(14)4/h11H,5-10,17H2,1-4H3,(H,18,21). The van der Waals surface area contributed by atoms with Gasteiger partial charge in [0.05, 0.1) is 11.4 Å². The third-order valence-electron chi connectivity index (χ3n) is 4.61. The number of nitrogens with two attached hydrogens (primary N) is 1. The Kier molecular flexibility index (Phi) is 4.59. The summed E-state index contributed by atoms with van der Waals surface area (Å²) in [7, 11) is 1.76. The van der Waals surface area contributed by atoms with Gasteiger partial charge in [0.25, 0.3) is 5.91 Å². The number of carbonyl (C=O) groups is 1. The van der Waals surface area contributed by atoms with Crippen molar-refractivity contribution in [3.05, 3.63) is 11.4 Å². The Hall–Kier alpha value is -1.52. The highest BCUT2D eigenvalue weighted by Gasteiger charge is 2.35. The maximum atomic E-state index is 12.4. The van der Waals surface area contributed by atoms with Crippen LogP contribution in [0.1, 0.15) is 62.1 Å². The molecule has 0 saturated heterocycles. The molecule has 1 saturated carbocycles. The minimum atomic E-state index is -0.106. The van der Waals surface area contributed by atoms with Gasteiger partial charge in [-0.3, -0.25) is 9.48 Å². The van der Waals surface area contributed by atoms with Crippen molar-refractivity contribution >= 4 is 11.6 Å². The Bertz CT molecular complexity index is 513. The largest absolute Gasteiger partial charge is 0.395 e. The van der Waals surface area contributed by atoms with Crippen molar-refractivity contribution in [3.8, 4) is 0 Å². The Morgan fingerprint density at radius 1 is 1.43 bits per heavy atom. The predicted molar refractivity (Wildman–Crippen MR) is 85.0 cm³/mol. The van der Waals surface area contributed by atoms with E-state index < -0.39 is 0 Å². The SMILES string of the molecule is Cc1nn(C)c(C(=O)NCC2(CC(C)C)CCCC2)c1N. The van der Waals surface area contributed by atoms with Crippen molar-refractivity contribution in [3.63, 3.8) is 0 Å². The molecule has 1 aromatic heterocycles. The van der Waals surface area contributed by atoms with Gasteiger partial charge < -0.3 is 11.1 Å². The molecule has 0 atom stereocenters. The van der Waals surface area contributed by atoms with E-state index in [0.717, 1.165) is 6.54 Å². The van der Waals surface area contributed by atoms with Crippen LogP contribution in [0.25, 0.3) is 0 Å². The summed E-state index contributed by atoms with van der Waals surface area (Å²) >= 11 is 0. The van der Waals surface area contributed by atoms with E-state index in [4.69, 9.17) is 5.73 Å². The topological polar surface area (TPSA) is 72.9 Å². The maximum absolute atomic E-state index is 12.4. The summed E-state index contributed by atoms with van der Waals surface area (Å²) in [5.41, 5.74) is 7.90. The zero-order valence-corrected chi connectivity index (χ0v) is 13.7. The minimum absolute atomic E-state index is 0.106. The first-order valence-corrected chi connectivity index (χ1v) is 7.92. The maximum Gasteiger partial charge on any atom is 0.271 e. The molecule has 0 aliphatic heterocycles. The number of aromatic nitrogens is 2. The summed E-state index contributed by atoms with van der Waals surface area (Å²) in [6.07, 6.45) is 6.15. The number of nitrogens with one attached hydrogen (secondary N) is 1. The molecule has 1 amide bonds. The summed E-state index contributed by atoms with van der Waals surface area (Å²) in [6.45, 7) is 7.08. The molecule has 118 valence electrons. The molecule has 0 aromatic carbocycles. The molecule has 1 aliphatic carbocycles. The van der Waals surface area contributed by atoms with E-state index >= 15 is 0 Å². The van der Waals surface area contributed by atoms with Gasteiger partial charge in [-0.25, -0.2) is 0 Å². The van der Waals surface area contributed by atoms with E-state index in [9.17, 15) is 4.79 Å². The number of hydrogen-bond acceptors (Lipinski definition) is 3. The lowest BCUT2D eigenvalue weighted by Crippen LogP contribution is -2.37. The van der Waals surface area contributed by atoms with Gasteiger partial charge >= 0.3 is 0 Å². The van der Waals surface area contributed by atoms with E-state index in [-0.39, 0.29) is 11.3 Å². The van der Waals surface area contributed by atoms with Crippen LogP contribution in [-0.4, -0.2) is 22.2 Å². The van der Waals surface area contributed by atoms with Crippen LogP contribution < -0.4 is 11.1 Å². The molecular weight excluding hydrogens is 264 g/mol. The summed E-state index contributed by atoms with van der Waals surface area (Å²) < 4.78 is 1.57. The average Bonchev–Trinajstić information content (AvgIpc) is 2.93. The van der Waals surface area contributed by atoms with Gasteiger partial charge in [0, 0.05) is 13.6 Å². The minimum Gasteiger partial charge on any atom is -0.395 e. The van der Waals surface area contributed by atoms with Gasteiger partial charge in [-0.1, -0.05) is 26.7 Å². The van der Waals surface area contributed by atoms with Crippen LogP contribution in [0.5, 0.6) is 0 Å². The lowest BCUT2D eigenvalue weighted by atomic mass is 9.78. The smallest absolute Gasteiger partial charge is 0.271 e. The lowest BCUT2D eigenvalue weighted by Gasteiger charge is -2.31. The third-order valence-corrected chi connectivity index (χ3v) is 4.61. The van der Waals surface area contributed by atoms with E-state index in [0.29, 0.717) is 23.0 Å². The molecule has 0 spiro atoms. The summed E-state index contributed by atoms with van der Waals surface area (Å²) in [6, 6.07) is 0. The first-order chi connectivity index (χ1) is 9.84. The van der Waals surface area contributed by atoms with Crippen LogP contribution in [0.2, 0.25) is 0 Å². The fourth-order valence-electron chi connectivity index (χ4n) is 3.74. The number of amides is 1. The lowest BCUT2D eigenvalue weighted by molar-refractivity contribution is 0.0913.